The fraction of sp³-hybridized carbons (Fsp3) is 0.444. The molecule has 0 saturated carbocycles. The van der Waals surface area contributed by atoms with Gasteiger partial charge in [-0.05, 0) is 11.6 Å². The third-order valence-corrected chi connectivity index (χ3v) is 6.63. The summed E-state index contributed by atoms with van der Waals surface area (Å²) in [5, 5.41) is 0. The van der Waals surface area contributed by atoms with Crippen molar-refractivity contribution in [2.45, 2.75) is 11.4 Å². The molecule has 28 heavy (non-hydrogen) atoms. The lowest BCUT2D eigenvalue weighted by molar-refractivity contribution is 0.122. The van der Waals surface area contributed by atoms with E-state index < -0.39 is 26.2 Å². The minimum atomic E-state index is -4.08. The third-order valence-electron chi connectivity index (χ3n) is 4.84. The van der Waals surface area contributed by atoms with Gasteiger partial charge < -0.3 is 14.2 Å². The van der Waals surface area contributed by atoms with Crippen molar-refractivity contribution in [1.82, 2.24) is 13.4 Å². The van der Waals surface area contributed by atoms with E-state index in [-0.39, 0.29) is 6.54 Å². The number of aryl methyl sites for hydroxylation is 1. The van der Waals surface area contributed by atoms with Crippen molar-refractivity contribution in [3.63, 3.8) is 0 Å². The van der Waals surface area contributed by atoms with E-state index in [1.54, 1.807) is 0 Å². The topological polar surface area (TPSA) is 93.8 Å². The first kappa shape index (κ1) is 20.3. The second-order valence-corrected chi connectivity index (χ2v) is 8.75. The van der Waals surface area contributed by atoms with Gasteiger partial charge in [-0.2, -0.15) is 4.31 Å². The number of hydrogen-bond acceptors (Lipinski definition) is 6. The molecule has 0 bridgehead atoms. The zero-order chi connectivity index (χ0) is 20.5. The van der Waals surface area contributed by atoms with Gasteiger partial charge in [-0.15, -0.1) is 0 Å². The zero-order valence-electron chi connectivity index (χ0n) is 16.2. The lowest BCUT2D eigenvalue weighted by Crippen LogP contribution is -2.42. The molecule has 3 rings (SSSR count). The molecule has 0 N–H and O–H groups in total. The number of sulfonamides is 1. The van der Waals surface area contributed by atoms with E-state index in [4.69, 9.17) is 4.74 Å². The maximum atomic E-state index is 13.0. The Morgan fingerprint density at radius 3 is 2.43 bits per heavy atom. The largest absolute Gasteiger partial charge is 0.378 e. The number of morpholine rings is 1. The zero-order valence-corrected chi connectivity index (χ0v) is 17.0. The highest BCUT2D eigenvalue weighted by atomic mass is 32.2. The van der Waals surface area contributed by atoms with E-state index in [9.17, 15) is 18.0 Å². The monoisotopic (exact) mass is 408 g/mol. The molecule has 2 aromatic rings. The fourth-order valence-electron chi connectivity index (χ4n) is 3.20. The Kier molecular flexibility index (Phi) is 5.73. The Morgan fingerprint density at radius 1 is 1.11 bits per heavy atom. The van der Waals surface area contributed by atoms with Crippen LogP contribution in [0.5, 0.6) is 0 Å². The molecule has 152 valence electrons. The van der Waals surface area contributed by atoms with Crippen LogP contribution in [0.15, 0.2) is 44.9 Å². The normalized spacial score (nSPS) is 15.2. The molecule has 1 saturated heterocycles. The number of anilines is 1. The molecule has 1 aliphatic rings. The Labute approximate surface area is 163 Å². The van der Waals surface area contributed by atoms with Crippen LogP contribution in [-0.4, -0.2) is 55.2 Å². The number of nitrogens with zero attached hydrogens (tertiary/aromatic N) is 4. The van der Waals surface area contributed by atoms with Crippen LogP contribution in [-0.2, 0) is 35.4 Å². The van der Waals surface area contributed by atoms with Gasteiger partial charge in [0.15, 0.2) is 4.90 Å². The van der Waals surface area contributed by atoms with Crippen molar-refractivity contribution >= 4 is 15.7 Å². The summed E-state index contributed by atoms with van der Waals surface area (Å²) >= 11 is 0. The maximum absolute atomic E-state index is 13.0. The van der Waals surface area contributed by atoms with Crippen molar-refractivity contribution in [2.24, 2.45) is 14.1 Å². The van der Waals surface area contributed by atoms with Gasteiger partial charge in [-0.3, -0.25) is 9.36 Å². The average molecular weight is 408 g/mol. The summed E-state index contributed by atoms with van der Waals surface area (Å²) in [4.78, 5) is 26.0. The van der Waals surface area contributed by atoms with Crippen molar-refractivity contribution in [3.8, 4) is 0 Å². The molecular formula is C18H24N4O5S. The number of aromatic nitrogens is 2. The predicted molar refractivity (Wildman–Crippen MR) is 105 cm³/mol. The third kappa shape index (κ3) is 3.75. The smallest absolute Gasteiger partial charge is 0.330 e. The molecule has 0 aliphatic carbocycles. The van der Waals surface area contributed by atoms with Gasteiger partial charge in [0.05, 0.1) is 13.2 Å². The van der Waals surface area contributed by atoms with Gasteiger partial charge in [0, 0.05) is 52.7 Å². The van der Waals surface area contributed by atoms with Gasteiger partial charge in [-0.25, -0.2) is 13.2 Å². The van der Waals surface area contributed by atoms with Gasteiger partial charge in [0.1, 0.15) is 0 Å². The van der Waals surface area contributed by atoms with Crippen LogP contribution in [0.25, 0.3) is 0 Å². The van der Waals surface area contributed by atoms with Crippen LogP contribution in [0.2, 0.25) is 0 Å². The van der Waals surface area contributed by atoms with Gasteiger partial charge in [-0.1, -0.05) is 18.2 Å². The van der Waals surface area contributed by atoms with Gasteiger partial charge in [0.2, 0.25) is 10.0 Å². The summed E-state index contributed by atoms with van der Waals surface area (Å²) in [5.41, 5.74) is 0.360. The van der Waals surface area contributed by atoms with Crippen LogP contribution < -0.4 is 16.1 Å². The van der Waals surface area contributed by atoms with Crippen molar-refractivity contribution in [2.75, 3.05) is 38.3 Å². The number of rotatable bonds is 5. The molecular weight excluding hydrogens is 384 g/mol. The van der Waals surface area contributed by atoms with E-state index >= 15 is 0 Å². The molecule has 1 aromatic carbocycles. The number of ether oxygens (including phenoxy) is 1. The minimum Gasteiger partial charge on any atom is -0.378 e. The number of hydrogen-bond donors (Lipinski definition) is 0. The molecule has 2 heterocycles. The van der Waals surface area contributed by atoms with E-state index in [1.165, 1.54) is 21.1 Å². The molecule has 0 atom stereocenters. The first-order valence-corrected chi connectivity index (χ1v) is 10.3. The van der Waals surface area contributed by atoms with E-state index in [1.807, 2.05) is 24.3 Å². The first-order chi connectivity index (χ1) is 13.2. The van der Waals surface area contributed by atoms with Crippen molar-refractivity contribution in [3.05, 3.63) is 56.9 Å². The van der Waals surface area contributed by atoms with Crippen molar-refractivity contribution < 1.29 is 13.2 Å². The van der Waals surface area contributed by atoms with E-state index in [0.29, 0.717) is 13.2 Å². The predicted octanol–water partition coefficient (Wildman–Crippen LogP) is -0.259. The summed E-state index contributed by atoms with van der Waals surface area (Å²) in [5.74, 6) is 0. The quantitative estimate of drug-likeness (QED) is 0.677. The SMILES string of the molecule is CN(Cc1ccccc1N1CCOCC1)S(=O)(=O)c1cn(C)c(=O)n(C)c1=O. The number of para-hydroxylation sites is 1. The number of benzene rings is 1. The van der Waals surface area contributed by atoms with Crippen molar-refractivity contribution in [1.29, 1.82) is 0 Å². The molecule has 1 aromatic heterocycles. The van der Waals surface area contributed by atoms with E-state index in [0.717, 1.165) is 44.0 Å². The highest BCUT2D eigenvalue weighted by Crippen LogP contribution is 2.24. The molecule has 10 heteroatoms. The Hall–Kier alpha value is -2.43. The Balaban J connectivity index is 1.95. The molecule has 1 fully saturated rings. The summed E-state index contributed by atoms with van der Waals surface area (Å²) in [6.07, 6.45) is 1.07. The second-order valence-electron chi connectivity index (χ2n) is 6.74. The summed E-state index contributed by atoms with van der Waals surface area (Å²) in [7, 11) is 0.0191. The molecule has 0 radical (unpaired) electrons. The van der Waals surface area contributed by atoms with Crippen LogP contribution >= 0.6 is 0 Å². The molecule has 0 amide bonds. The standard InChI is InChI=1S/C18H24N4O5S/c1-19-13-16(17(23)21(3)18(19)24)28(25,26)20(2)12-14-6-4-5-7-15(14)22-8-10-27-11-9-22/h4-7,13H,8-12H2,1-3H3. The minimum absolute atomic E-state index is 0.0991. The lowest BCUT2D eigenvalue weighted by atomic mass is 10.1. The highest BCUT2D eigenvalue weighted by Gasteiger charge is 2.27. The van der Waals surface area contributed by atoms with Crippen LogP contribution in [0.1, 0.15) is 5.56 Å². The lowest BCUT2D eigenvalue weighted by Gasteiger charge is -2.31. The first-order valence-electron chi connectivity index (χ1n) is 8.87. The van der Waals surface area contributed by atoms with Gasteiger partial charge in [0.25, 0.3) is 5.56 Å². The molecule has 1 aliphatic heterocycles. The van der Waals surface area contributed by atoms with Crippen LogP contribution in [0.3, 0.4) is 0 Å². The van der Waals surface area contributed by atoms with Gasteiger partial charge >= 0.3 is 5.69 Å². The van der Waals surface area contributed by atoms with Crippen LogP contribution in [0.4, 0.5) is 5.69 Å². The maximum Gasteiger partial charge on any atom is 0.330 e. The van der Waals surface area contributed by atoms with Crippen LogP contribution in [0, 0.1) is 0 Å². The summed E-state index contributed by atoms with van der Waals surface area (Å²) in [6.45, 7) is 2.80. The van der Waals surface area contributed by atoms with E-state index in [2.05, 4.69) is 4.90 Å². The highest BCUT2D eigenvalue weighted by molar-refractivity contribution is 7.89. The Bertz CT molecular complexity index is 1080. The summed E-state index contributed by atoms with van der Waals surface area (Å²) in [6, 6.07) is 7.58. The second kappa shape index (κ2) is 7.90. The molecule has 0 unspecified atom stereocenters. The Morgan fingerprint density at radius 2 is 1.75 bits per heavy atom. The molecule has 9 nitrogen and oxygen atoms in total. The summed E-state index contributed by atoms with van der Waals surface area (Å²) < 4.78 is 34.4. The molecule has 0 spiro atoms. The average Bonchev–Trinajstić information content (AvgIpc) is 2.70. The fourth-order valence-corrected chi connectivity index (χ4v) is 4.50.